The Bertz CT molecular complexity index is 794. The molecule has 23 heavy (non-hydrogen) atoms. The molecule has 122 valence electrons. The number of rotatable bonds is 6. The van der Waals surface area contributed by atoms with Crippen LogP contribution in [-0.2, 0) is 10.0 Å². The maximum Gasteiger partial charge on any atom is 0.271 e. The zero-order valence-electron chi connectivity index (χ0n) is 12.3. The maximum atomic E-state index is 12.0. The van der Waals surface area contributed by atoms with Gasteiger partial charge in [-0.15, -0.1) is 0 Å². The number of hydrogen-bond acceptors (Lipinski definition) is 5. The van der Waals surface area contributed by atoms with Gasteiger partial charge in [-0.25, -0.2) is 18.1 Å². The monoisotopic (exact) mass is 354 g/mol. The van der Waals surface area contributed by atoms with E-state index in [4.69, 9.17) is 11.6 Å². The van der Waals surface area contributed by atoms with Crippen LogP contribution in [0.15, 0.2) is 41.6 Å². The fraction of sp³-hybridized carbons (Fsp3) is 0.214. The van der Waals surface area contributed by atoms with E-state index in [1.165, 1.54) is 24.5 Å². The Morgan fingerprint density at radius 3 is 2.65 bits per heavy atom. The molecule has 0 saturated heterocycles. The van der Waals surface area contributed by atoms with E-state index in [-0.39, 0.29) is 23.7 Å². The molecule has 0 radical (unpaired) electrons. The SMILES string of the molecule is Cc1cnc(C(=O)NCCNS(=O)(=O)c2cccc(Cl)c2)cn1. The Kier molecular flexibility index (Phi) is 5.64. The molecule has 2 N–H and O–H groups in total. The molecule has 0 aliphatic carbocycles. The van der Waals surface area contributed by atoms with E-state index in [1.54, 1.807) is 19.1 Å². The van der Waals surface area contributed by atoms with Crippen molar-refractivity contribution in [2.75, 3.05) is 13.1 Å². The summed E-state index contributed by atoms with van der Waals surface area (Å²) in [6.45, 7) is 1.92. The molecule has 0 unspecified atom stereocenters. The molecule has 1 aromatic heterocycles. The number of sulfonamides is 1. The molecule has 0 fully saturated rings. The first-order valence-electron chi connectivity index (χ1n) is 6.70. The third-order valence-electron chi connectivity index (χ3n) is 2.82. The number of nitrogens with one attached hydrogen (secondary N) is 2. The lowest BCUT2D eigenvalue weighted by molar-refractivity contribution is 0.0949. The van der Waals surface area contributed by atoms with Gasteiger partial charge >= 0.3 is 0 Å². The number of carbonyl (C=O) groups is 1. The summed E-state index contributed by atoms with van der Waals surface area (Å²) in [5, 5.41) is 2.89. The second kappa shape index (κ2) is 7.49. The highest BCUT2D eigenvalue weighted by molar-refractivity contribution is 7.89. The van der Waals surface area contributed by atoms with E-state index < -0.39 is 15.9 Å². The minimum absolute atomic E-state index is 0.0415. The van der Waals surface area contributed by atoms with Gasteiger partial charge in [0.25, 0.3) is 5.91 Å². The van der Waals surface area contributed by atoms with E-state index in [0.29, 0.717) is 10.7 Å². The summed E-state index contributed by atoms with van der Waals surface area (Å²) in [4.78, 5) is 19.8. The Hall–Kier alpha value is -2.03. The predicted molar refractivity (Wildman–Crippen MR) is 85.7 cm³/mol. The van der Waals surface area contributed by atoms with Crippen LogP contribution in [0.3, 0.4) is 0 Å². The summed E-state index contributed by atoms with van der Waals surface area (Å²) in [6, 6.07) is 5.93. The number of aromatic nitrogens is 2. The van der Waals surface area contributed by atoms with Gasteiger partial charge in [0.1, 0.15) is 5.69 Å². The van der Waals surface area contributed by atoms with Crippen LogP contribution < -0.4 is 10.0 Å². The zero-order valence-corrected chi connectivity index (χ0v) is 13.9. The molecule has 1 heterocycles. The Balaban J connectivity index is 1.85. The Morgan fingerprint density at radius 1 is 1.22 bits per heavy atom. The van der Waals surface area contributed by atoms with Crippen molar-refractivity contribution >= 4 is 27.5 Å². The molecule has 1 amide bonds. The van der Waals surface area contributed by atoms with E-state index in [9.17, 15) is 13.2 Å². The van der Waals surface area contributed by atoms with E-state index in [0.717, 1.165) is 0 Å². The van der Waals surface area contributed by atoms with Crippen molar-refractivity contribution in [3.8, 4) is 0 Å². The van der Waals surface area contributed by atoms with Gasteiger partial charge in [0, 0.05) is 24.3 Å². The minimum atomic E-state index is -3.66. The van der Waals surface area contributed by atoms with Crippen LogP contribution in [0.2, 0.25) is 5.02 Å². The highest BCUT2D eigenvalue weighted by Crippen LogP contribution is 2.14. The molecule has 0 bridgehead atoms. The van der Waals surface area contributed by atoms with Gasteiger partial charge in [0.05, 0.1) is 16.8 Å². The highest BCUT2D eigenvalue weighted by atomic mass is 35.5. The maximum absolute atomic E-state index is 12.0. The minimum Gasteiger partial charge on any atom is -0.349 e. The molecule has 0 spiro atoms. The quantitative estimate of drug-likeness (QED) is 0.758. The molecular weight excluding hydrogens is 340 g/mol. The van der Waals surface area contributed by atoms with Gasteiger partial charge in [-0.05, 0) is 25.1 Å². The van der Waals surface area contributed by atoms with Crippen molar-refractivity contribution in [1.82, 2.24) is 20.0 Å². The number of carbonyl (C=O) groups excluding carboxylic acids is 1. The lowest BCUT2D eigenvalue weighted by Gasteiger charge is -2.08. The second-order valence-corrected chi connectivity index (χ2v) is 6.86. The molecule has 9 heteroatoms. The van der Waals surface area contributed by atoms with Crippen LogP contribution >= 0.6 is 11.6 Å². The fourth-order valence-corrected chi connectivity index (χ4v) is 3.01. The number of nitrogens with zero attached hydrogens (tertiary/aromatic N) is 2. The lowest BCUT2D eigenvalue weighted by Crippen LogP contribution is -2.35. The lowest BCUT2D eigenvalue weighted by atomic mass is 10.4. The summed E-state index contributed by atoms with van der Waals surface area (Å²) in [5.41, 5.74) is 0.879. The molecule has 1 aromatic carbocycles. The molecular formula is C14H15ClN4O3S. The summed E-state index contributed by atoms with van der Waals surface area (Å²) in [5.74, 6) is -0.417. The zero-order chi connectivity index (χ0) is 16.9. The first-order valence-corrected chi connectivity index (χ1v) is 8.57. The standard InChI is InChI=1S/C14H15ClN4O3S/c1-10-8-18-13(9-17-10)14(20)16-5-6-19-23(21,22)12-4-2-3-11(15)7-12/h2-4,7-9,19H,5-6H2,1H3,(H,16,20). The van der Waals surface area contributed by atoms with Gasteiger partial charge in [-0.2, -0.15) is 0 Å². The Morgan fingerprint density at radius 2 is 2.00 bits per heavy atom. The van der Waals surface area contributed by atoms with Crippen molar-refractivity contribution in [1.29, 1.82) is 0 Å². The smallest absolute Gasteiger partial charge is 0.271 e. The predicted octanol–water partition coefficient (Wildman–Crippen LogP) is 1.15. The number of amides is 1. The van der Waals surface area contributed by atoms with E-state index >= 15 is 0 Å². The van der Waals surface area contributed by atoms with E-state index in [1.807, 2.05) is 0 Å². The molecule has 0 aliphatic rings. The third-order valence-corrected chi connectivity index (χ3v) is 4.52. The van der Waals surface area contributed by atoms with Crippen LogP contribution in [0.4, 0.5) is 0 Å². The van der Waals surface area contributed by atoms with Gasteiger partial charge in [-0.3, -0.25) is 9.78 Å². The number of aryl methyl sites for hydroxylation is 1. The van der Waals surface area contributed by atoms with Crippen molar-refractivity contribution in [2.45, 2.75) is 11.8 Å². The summed E-state index contributed by atoms with van der Waals surface area (Å²) in [6.07, 6.45) is 2.84. The van der Waals surface area contributed by atoms with E-state index in [2.05, 4.69) is 20.0 Å². The van der Waals surface area contributed by atoms with Crippen LogP contribution in [0.25, 0.3) is 0 Å². The summed E-state index contributed by atoms with van der Waals surface area (Å²) >= 11 is 5.77. The second-order valence-electron chi connectivity index (χ2n) is 4.65. The molecule has 7 nitrogen and oxygen atoms in total. The average Bonchev–Trinajstić information content (AvgIpc) is 2.52. The van der Waals surface area contributed by atoms with Gasteiger partial charge in [0.2, 0.25) is 10.0 Å². The first-order chi connectivity index (χ1) is 10.9. The summed E-state index contributed by atoms with van der Waals surface area (Å²) < 4.78 is 26.4. The van der Waals surface area contributed by atoms with Crippen molar-refractivity contribution < 1.29 is 13.2 Å². The number of benzene rings is 1. The van der Waals surface area contributed by atoms with Gasteiger partial charge in [0.15, 0.2) is 0 Å². The fourth-order valence-electron chi connectivity index (χ4n) is 1.68. The van der Waals surface area contributed by atoms with Crippen LogP contribution in [0.5, 0.6) is 0 Å². The number of halogens is 1. The van der Waals surface area contributed by atoms with Crippen LogP contribution in [0, 0.1) is 6.92 Å². The molecule has 0 aliphatic heterocycles. The van der Waals surface area contributed by atoms with Crippen molar-refractivity contribution in [2.24, 2.45) is 0 Å². The average molecular weight is 355 g/mol. The Labute approximate surface area is 139 Å². The van der Waals surface area contributed by atoms with Crippen molar-refractivity contribution in [3.63, 3.8) is 0 Å². The van der Waals surface area contributed by atoms with Gasteiger partial charge < -0.3 is 5.32 Å². The molecule has 2 aromatic rings. The largest absolute Gasteiger partial charge is 0.349 e. The topological polar surface area (TPSA) is 101 Å². The summed E-state index contributed by atoms with van der Waals surface area (Å²) in [7, 11) is -3.66. The highest BCUT2D eigenvalue weighted by Gasteiger charge is 2.14. The van der Waals surface area contributed by atoms with Crippen LogP contribution in [-0.4, -0.2) is 37.4 Å². The normalized spacial score (nSPS) is 11.2. The number of hydrogen-bond donors (Lipinski definition) is 2. The third kappa shape index (κ3) is 4.98. The van der Waals surface area contributed by atoms with Crippen LogP contribution in [0.1, 0.15) is 16.2 Å². The van der Waals surface area contributed by atoms with Crippen molar-refractivity contribution in [3.05, 3.63) is 53.1 Å². The first kappa shape index (κ1) is 17.3. The van der Waals surface area contributed by atoms with Gasteiger partial charge in [-0.1, -0.05) is 17.7 Å². The molecule has 2 rings (SSSR count). The molecule has 0 atom stereocenters. The molecule has 0 saturated carbocycles.